The van der Waals surface area contributed by atoms with Crippen LogP contribution in [0.4, 0.5) is 0 Å². The summed E-state index contributed by atoms with van der Waals surface area (Å²) in [6, 6.07) is 5.96. The quantitative estimate of drug-likeness (QED) is 0.850. The Morgan fingerprint density at radius 1 is 1.50 bits per heavy atom. The number of nitriles is 1. The zero-order valence-electron chi connectivity index (χ0n) is 9.57. The molecule has 2 rings (SSSR count). The van der Waals surface area contributed by atoms with Gasteiger partial charge >= 0.3 is 0 Å². The summed E-state index contributed by atoms with van der Waals surface area (Å²) in [6.45, 7) is 2.00. The predicted octanol–water partition coefficient (Wildman–Crippen LogP) is 2.96. The number of aliphatic hydroxyl groups is 1. The Hall–Kier alpha value is -1.27. The van der Waals surface area contributed by atoms with Crippen molar-refractivity contribution in [2.45, 2.75) is 45.1 Å². The van der Waals surface area contributed by atoms with Crippen LogP contribution in [-0.4, -0.2) is 5.11 Å². The number of rotatable bonds is 3. The minimum atomic E-state index is -0.778. The molecule has 0 aromatic carbocycles. The molecule has 1 aromatic heterocycles. The fraction of sp³-hybridized carbons (Fsp3) is 0.615. The summed E-state index contributed by atoms with van der Waals surface area (Å²) in [5, 5.41) is 19.5. The van der Waals surface area contributed by atoms with Crippen molar-refractivity contribution in [1.29, 1.82) is 5.26 Å². The van der Waals surface area contributed by atoms with E-state index in [0.717, 1.165) is 37.9 Å². The lowest BCUT2D eigenvalue weighted by molar-refractivity contribution is 0.0468. The van der Waals surface area contributed by atoms with Crippen molar-refractivity contribution in [3.63, 3.8) is 0 Å². The minimum absolute atomic E-state index is 0.542. The third kappa shape index (κ3) is 1.74. The van der Waals surface area contributed by atoms with Crippen LogP contribution in [0, 0.1) is 16.7 Å². The van der Waals surface area contributed by atoms with E-state index in [9.17, 15) is 10.4 Å². The first kappa shape index (κ1) is 11.2. The lowest BCUT2D eigenvalue weighted by Gasteiger charge is -2.25. The zero-order valence-corrected chi connectivity index (χ0v) is 9.57. The number of furan rings is 1. The Labute approximate surface area is 95.7 Å². The highest BCUT2D eigenvalue weighted by Gasteiger charge is 2.43. The van der Waals surface area contributed by atoms with Crippen LogP contribution in [0.25, 0.3) is 0 Å². The molecule has 3 heteroatoms. The van der Waals surface area contributed by atoms with E-state index in [1.807, 2.05) is 13.0 Å². The van der Waals surface area contributed by atoms with Gasteiger partial charge < -0.3 is 9.52 Å². The molecule has 1 fully saturated rings. The van der Waals surface area contributed by atoms with Crippen molar-refractivity contribution >= 4 is 0 Å². The van der Waals surface area contributed by atoms with E-state index in [4.69, 9.17) is 4.42 Å². The molecule has 1 heterocycles. The van der Waals surface area contributed by atoms with E-state index < -0.39 is 11.5 Å². The first-order valence-corrected chi connectivity index (χ1v) is 5.90. The van der Waals surface area contributed by atoms with E-state index in [0.29, 0.717) is 5.76 Å². The van der Waals surface area contributed by atoms with Gasteiger partial charge in [-0.3, -0.25) is 0 Å². The van der Waals surface area contributed by atoms with E-state index in [2.05, 4.69) is 6.07 Å². The minimum Gasteiger partial charge on any atom is -0.463 e. The highest BCUT2D eigenvalue weighted by Crippen LogP contribution is 2.47. The van der Waals surface area contributed by atoms with Crippen molar-refractivity contribution in [3.8, 4) is 6.07 Å². The topological polar surface area (TPSA) is 57.2 Å². The molecular formula is C13H17NO2. The molecule has 0 saturated heterocycles. The molecule has 1 atom stereocenters. The van der Waals surface area contributed by atoms with Crippen LogP contribution in [0.3, 0.4) is 0 Å². The predicted molar refractivity (Wildman–Crippen MR) is 59.6 cm³/mol. The Morgan fingerprint density at radius 2 is 2.19 bits per heavy atom. The second kappa shape index (κ2) is 4.31. The maximum absolute atomic E-state index is 10.3. The lowest BCUT2D eigenvalue weighted by atomic mass is 9.81. The Balaban J connectivity index is 2.23. The third-order valence-corrected chi connectivity index (χ3v) is 3.54. The van der Waals surface area contributed by atoms with Crippen LogP contribution >= 0.6 is 0 Å². The summed E-state index contributed by atoms with van der Waals surface area (Å²) >= 11 is 0. The van der Waals surface area contributed by atoms with E-state index in [-0.39, 0.29) is 0 Å². The van der Waals surface area contributed by atoms with E-state index in [1.165, 1.54) is 0 Å². The van der Waals surface area contributed by atoms with Gasteiger partial charge in [0, 0.05) is 6.42 Å². The normalized spacial score (nSPS) is 20.6. The largest absolute Gasteiger partial charge is 0.463 e. The Kier molecular flexibility index (Phi) is 3.02. The number of aliphatic hydroxyl groups excluding tert-OH is 1. The van der Waals surface area contributed by atoms with Gasteiger partial charge in [0.1, 0.15) is 17.6 Å². The fourth-order valence-corrected chi connectivity index (χ4v) is 2.46. The Bertz CT molecular complexity index is 396. The molecule has 0 amide bonds. The molecule has 16 heavy (non-hydrogen) atoms. The standard InChI is InChI=1S/C13H17NO2/c1-2-10-5-6-11(16-10)12(15)13(9-14)7-3-4-8-13/h5-6,12,15H,2-4,7-8H2,1H3. The van der Waals surface area contributed by atoms with Crippen molar-refractivity contribution in [3.05, 3.63) is 23.7 Å². The van der Waals surface area contributed by atoms with Crippen LogP contribution in [0.5, 0.6) is 0 Å². The molecule has 1 N–H and O–H groups in total. The molecule has 1 aliphatic rings. The molecule has 0 radical (unpaired) electrons. The molecule has 1 unspecified atom stereocenters. The maximum atomic E-state index is 10.3. The first-order valence-electron chi connectivity index (χ1n) is 5.90. The first-order chi connectivity index (χ1) is 7.72. The van der Waals surface area contributed by atoms with Crippen LogP contribution in [0.2, 0.25) is 0 Å². The second-order valence-electron chi connectivity index (χ2n) is 4.54. The average molecular weight is 219 g/mol. The molecule has 86 valence electrons. The van der Waals surface area contributed by atoms with Gasteiger partial charge in [-0.2, -0.15) is 5.26 Å². The Morgan fingerprint density at radius 3 is 2.69 bits per heavy atom. The number of hydrogen-bond acceptors (Lipinski definition) is 3. The van der Waals surface area contributed by atoms with Crippen LogP contribution in [0.15, 0.2) is 16.5 Å². The van der Waals surface area contributed by atoms with Crippen molar-refractivity contribution in [1.82, 2.24) is 0 Å². The number of nitrogens with zero attached hydrogens (tertiary/aromatic N) is 1. The molecule has 0 spiro atoms. The molecule has 1 aliphatic carbocycles. The van der Waals surface area contributed by atoms with Gasteiger partial charge in [-0.25, -0.2) is 0 Å². The van der Waals surface area contributed by atoms with Gasteiger partial charge in [0.25, 0.3) is 0 Å². The highest BCUT2D eigenvalue weighted by molar-refractivity contribution is 5.17. The van der Waals surface area contributed by atoms with Gasteiger partial charge in [0.2, 0.25) is 0 Å². The monoisotopic (exact) mass is 219 g/mol. The van der Waals surface area contributed by atoms with Crippen LogP contribution in [-0.2, 0) is 6.42 Å². The maximum Gasteiger partial charge on any atom is 0.134 e. The van der Waals surface area contributed by atoms with E-state index in [1.54, 1.807) is 6.07 Å². The third-order valence-electron chi connectivity index (χ3n) is 3.54. The van der Waals surface area contributed by atoms with E-state index >= 15 is 0 Å². The smallest absolute Gasteiger partial charge is 0.134 e. The van der Waals surface area contributed by atoms with Crippen LogP contribution in [0.1, 0.15) is 50.2 Å². The second-order valence-corrected chi connectivity index (χ2v) is 4.54. The summed E-state index contributed by atoms with van der Waals surface area (Å²) in [7, 11) is 0. The average Bonchev–Trinajstić information content (AvgIpc) is 2.98. The van der Waals surface area contributed by atoms with Crippen LogP contribution < -0.4 is 0 Å². The van der Waals surface area contributed by atoms with Gasteiger partial charge in [0.15, 0.2) is 0 Å². The summed E-state index contributed by atoms with van der Waals surface area (Å²) in [4.78, 5) is 0. The molecule has 1 aromatic rings. The molecular weight excluding hydrogens is 202 g/mol. The summed E-state index contributed by atoms with van der Waals surface area (Å²) in [6.07, 6.45) is 3.62. The zero-order chi connectivity index (χ0) is 11.6. The molecule has 0 aliphatic heterocycles. The van der Waals surface area contributed by atoms with Gasteiger partial charge in [-0.1, -0.05) is 19.8 Å². The van der Waals surface area contributed by atoms with Crippen molar-refractivity contribution in [2.24, 2.45) is 5.41 Å². The summed E-state index contributed by atoms with van der Waals surface area (Å²) in [5.74, 6) is 1.40. The summed E-state index contributed by atoms with van der Waals surface area (Å²) in [5.41, 5.74) is -0.622. The SMILES string of the molecule is CCc1ccc(C(O)C2(C#N)CCCC2)o1. The van der Waals surface area contributed by atoms with Gasteiger partial charge in [-0.15, -0.1) is 0 Å². The highest BCUT2D eigenvalue weighted by atomic mass is 16.4. The van der Waals surface area contributed by atoms with Gasteiger partial charge in [-0.05, 0) is 25.0 Å². The van der Waals surface area contributed by atoms with Crippen molar-refractivity contribution < 1.29 is 9.52 Å². The number of hydrogen-bond donors (Lipinski definition) is 1. The fourth-order valence-electron chi connectivity index (χ4n) is 2.46. The molecule has 0 bridgehead atoms. The molecule has 3 nitrogen and oxygen atoms in total. The number of aryl methyl sites for hydroxylation is 1. The lowest BCUT2D eigenvalue weighted by Crippen LogP contribution is -2.23. The van der Waals surface area contributed by atoms with Gasteiger partial charge in [0.05, 0.1) is 11.5 Å². The molecule has 1 saturated carbocycles. The summed E-state index contributed by atoms with van der Waals surface area (Å²) < 4.78 is 5.53. The van der Waals surface area contributed by atoms with Crippen molar-refractivity contribution in [2.75, 3.05) is 0 Å².